The summed E-state index contributed by atoms with van der Waals surface area (Å²) in [5.74, 6) is 0.439. The van der Waals surface area contributed by atoms with Crippen LogP contribution in [-0.2, 0) is 12.7 Å². The summed E-state index contributed by atoms with van der Waals surface area (Å²) in [5, 5.41) is 9.27. The highest BCUT2D eigenvalue weighted by atomic mass is 19.4. The van der Waals surface area contributed by atoms with Crippen LogP contribution in [0.4, 0.5) is 24.7 Å². The van der Waals surface area contributed by atoms with Crippen molar-refractivity contribution in [3.63, 3.8) is 0 Å². The van der Waals surface area contributed by atoms with E-state index < -0.39 is 11.7 Å². The minimum atomic E-state index is -4.31. The predicted molar refractivity (Wildman–Crippen MR) is 61.8 cm³/mol. The molecule has 1 aromatic heterocycles. The Morgan fingerprint density at radius 1 is 1.22 bits per heavy atom. The largest absolute Gasteiger partial charge is 0.416 e. The first-order chi connectivity index (χ1) is 8.47. The van der Waals surface area contributed by atoms with E-state index in [2.05, 4.69) is 15.5 Å². The van der Waals surface area contributed by atoms with Crippen molar-refractivity contribution in [3.8, 4) is 0 Å². The average Bonchev–Trinajstić information content (AvgIpc) is 2.72. The van der Waals surface area contributed by atoms with E-state index in [1.165, 1.54) is 12.1 Å². The van der Waals surface area contributed by atoms with Crippen LogP contribution in [-0.4, -0.2) is 10.2 Å². The number of aromatic nitrogens is 2. The number of nitrogens with one attached hydrogen (secondary N) is 2. The second-order valence-corrected chi connectivity index (χ2v) is 3.74. The lowest BCUT2D eigenvalue weighted by Crippen LogP contribution is -2.05. The third-order valence-corrected chi connectivity index (χ3v) is 2.45. The highest BCUT2D eigenvalue weighted by Gasteiger charge is 2.29. The first-order valence-electron chi connectivity index (χ1n) is 5.15. The molecule has 4 nitrogen and oxygen atoms in total. The molecule has 7 heteroatoms. The lowest BCUT2D eigenvalue weighted by Gasteiger charge is -2.09. The summed E-state index contributed by atoms with van der Waals surface area (Å²) in [7, 11) is 0. The Bertz CT molecular complexity index is 516. The van der Waals surface area contributed by atoms with Gasteiger partial charge >= 0.3 is 6.18 Å². The summed E-state index contributed by atoms with van der Waals surface area (Å²) in [6, 6.07) is 4.81. The van der Waals surface area contributed by atoms with Crippen LogP contribution in [0.25, 0.3) is 0 Å². The van der Waals surface area contributed by atoms with Crippen molar-refractivity contribution in [1.82, 2.24) is 10.2 Å². The van der Waals surface area contributed by atoms with E-state index in [9.17, 15) is 13.2 Å². The van der Waals surface area contributed by atoms with Crippen LogP contribution >= 0.6 is 0 Å². The summed E-state index contributed by atoms with van der Waals surface area (Å²) >= 11 is 0. The molecule has 0 fully saturated rings. The smallest absolute Gasteiger partial charge is 0.384 e. The molecule has 2 aromatic rings. The maximum Gasteiger partial charge on any atom is 0.416 e. The Balaban J connectivity index is 2.01. The molecular weight excluding hydrogens is 245 g/mol. The van der Waals surface area contributed by atoms with Crippen molar-refractivity contribution in [3.05, 3.63) is 41.6 Å². The maximum absolute atomic E-state index is 12.3. The third kappa shape index (κ3) is 2.73. The molecule has 96 valence electrons. The molecule has 0 radical (unpaired) electrons. The van der Waals surface area contributed by atoms with E-state index in [-0.39, 0.29) is 0 Å². The Labute approximate surface area is 101 Å². The number of anilines is 2. The van der Waals surface area contributed by atoms with Crippen molar-refractivity contribution in [2.75, 3.05) is 11.1 Å². The number of rotatable bonds is 3. The van der Waals surface area contributed by atoms with Gasteiger partial charge in [0.05, 0.1) is 11.8 Å². The van der Waals surface area contributed by atoms with Gasteiger partial charge in [-0.25, -0.2) is 0 Å². The number of nitrogen functional groups attached to an aromatic ring is 1. The summed E-state index contributed by atoms with van der Waals surface area (Å²) in [5.41, 5.74) is 6.25. The van der Waals surface area contributed by atoms with Crippen molar-refractivity contribution < 1.29 is 13.2 Å². The van der Waals surface area contributed by atoms with Crippen molar-refractivity contribution >= 4 is 11.5 Å². The summed E-state index contributed by atoms with van der Waals surface area (Å²) in [4.78, 5) is 0. The van der Waals surface area contributed by atoms with Gasteiger partial charge in [-0.1, -0.05) is 0 Å². The highest BCUT2D eigenvalue weighted by molar-refractivity contribution is 5.47. The summed E-state index contributed by atoms with van der Waals surface area (Å²) in [6.07, 6.45) is -2.75. The van der Waals surface area contributed by atoms with E-state index in [1.54, 1.807) is 6.20 Å². The molecule has 2 rings (SSSR count). The molecule has 0 amide bonds. The van der Waals surface area contributed by atoms with E-state index in [4.69, 9.17) is 5.73 Å². The Hall–Kier alpha value is -2.18. The lowest BCUT2D eigenvalue weighted by molar-refractivity contribution is -0.137. The van der Waals surface area contributed by atoms with Crippen LogP contribution in [0.2, 0.25) is 0 Å². The second kappa shape index (κ2) is 4.59. The fourth-order valence-electron chi connectivity index (χ4n) is 1.44. The number of benzene rings is 1. The number of nitrogens with zero attached hydrogens (tertiary/aromatic N) is 1. The minimum absolute atomic E-state index is 0.397. The molecule has 0 saturated heterocycles. The topological polar surface area (TPSA) is 66.7 Å². The number of hydrogen-bond acceptors (Lipinski definition) is 3. The molecule has 0 spiro atoms. The number of H-pyrrole nitrogens is 1. The minimum Gasteiger partial charge on any atom is -0.384 e. The zero-order valence-corrected chi connectivity index (χ0v) is 9.25. The van der Waals surface area contributed by atoms with Gasteiger partial charge in [0, 0.05) is 17.8 Å². The number of alkyl halides is 3. The number of hydrogen-bond donors (Lipinski definition) is 3. The van der Waals surface area contributed by atoms with Crippen molar-refractivity contribution in [1.29, 1.82) is 0 Å². The average molecular weight is 256 g/mol. The van der Waals surface area contributed by atoms with E-state index in [0.29, 0.717) is 18.1 Å². The standard InChI is InChI=1S/C11H11F3N4/c12-11(13,14)8-1-3-9(4-2-8)16-5-7-6-17-18-10(7)15/h1-4,6,16H,5H2,(H3,15,17,18). The van der Waals surface area contributed by atoms with Gasteiger partial charge in [0.25, 0.3) is 0 Å². The molecular formula is C11H11F3N4. The fourth-order valence-corrected chi connectivity index (χ4v) is 1.44. The first kappa shape index (κ1) is 12.3. The van der Waals surface area contributed by atoms with Crippen LogP contribution in [0.5, 0.6) is 0 Å². The molecule has 0 aliphatic heterocycles. The van der Waals surface area contributed by atoms with Crippen LogP contribution in [0.3, 0.4) is 0 Å². The number of halogens is 3. The molecule has 0 aliphatic rings. The van der Waals surface area contributed by atoms with Gasteiger partial charge in [-0.15, -0.1) is 0 Å². The summed E-state index contributed by atoms with van der Waals surface area (Å²) in [6.45, 7) is 0.397. The molecule has 0 unspecified atom stereocenters. The maximum atomic E-state index is 12.3. The SMILES string of the molecule is Nc1[nH]ncc1CNc1ccc(C(F)(F)F)cc1. The van der Waals surface area contributed by atoms with Gasteiger partial charge < -0.3 is 11.1 Å². The number of aromatic amines is 1. The molecule has 1 aromatic carbocycles. The normalized spacial score (nSPS) is 11.5. The van der Waals surface area contributed by atoms with Crippen LogP contribution in [0, 0.1) is 0 Å². The van der Waals surface area contributed by atoms with Gasteiger partial charge in [-0.2, -0.15) is 18.3 Å². The van der Waals surface area contributed by atoms with Gasteiger partial charge in [0.15, 0.2) is 0 Å². The highest BCUT2D eigenvalue weighted by Crippen LogP contribution is 2.29. The predicted octanol–water partition coefficient (Wildman–Crippen LogP) is 2.62. The van der Waals surface area contributed by atoms with E-state index >= 15 is 0 Å². The van der Waals surface area contributed by atoms with E-state index in [1.807, 2.05) is 0 Å². The molecule has 18 heavy (non-hydrogen) atoms. The molecule has 0 saturated carbocycles. The molecule has 0 bridgehead atoms. The molecule has 1 heterocycles. The quantitative estimate of drug-likeness (QED) is 0.790. The van der Waals surface area contributed by atoms with Gasteiger partial charge in [0.2, 0.25) is 0 Å². The Kier molecular flexibility index (Phi) is 3.14. The monoisotopic (exact) mass is 256 g/mol. The van der Waals surface area contributed by atoms with E-state index in [0.717, 1.165) is 17.7 Å². The molecule has 0 aliphatic carbocycles. The Morgan fingerprint density at radius 3 is 2.39 bits per heavy atom. The van der Waals surface area contributed by atoms with Crippen molar-refractivity contribution in [2.45, 2.75) is 12.7 Å². The zero-order chi connectivity index (χ0) is 13.2. The van der Waals surface area contributed by atoms with Gasteiger partial charge in [-0.05, 0) is 24.3 Å². The lowest BCUT2D eigenvalue weighted by atomic mass is 10.2. The van der Waals surface area contributed by atoms with Crippen molar-refractivity contribution in [2.24, 2.45) is 0 Å². The fraction of sp³-hybridized carbons (Fsp3) is 0.182. The van der Waals surface area contributed by atoms with Crippen LogP contribution in [0.15, 0.2) is 30.5 Å². The van der Waals surface area contributed by atoms with Gasteiger partial charge in [0.1, 0.15) is 5.82 Å². The third-order valence-electron chi connectivity index (χ3n) is 2.45. The zero-order valence-electron chi connectivity index (χ0n) is 9.25. The van der Waals surface area contributed by atoms with Crippen LogP contribution < -0.4 is 11.1 Å². The van der Waals surface area contributed by atoms with Crippen LogP contribution in [0.1, 0.15) is 11.1 Å². The number of nitrogens with two attached hydrogens (primary N) is 1. The molecule has 4 N–H and O–H groups in total. The Morgan fingerprint density at radius 2 is 1.89 bits per heavy atom. The molecule has 0 atom stereocenters. The second-order valence-electron chi connectivity index (χ2n) is 3.74. The van der Waals surface area contributed by atoms with Gasteiger partial charge in [-0.3, -0.25) is 5.10 Å². The first-order valence-corrected chi connectivity index (χ1v) is 5.15. The summed E-state index contributed by atoms with van der Waals surface area (Å²) < 4.78 is 37.0.